The molecule has 2 aromatic rings. The van der Waals surface area contributed by atoms with Crippen LogP contribution in [0.1, 0.15) is 18.4 Å². The van der Waals surface area contributed by atoms with E-state index in [0.29, 0.717) is 46.2 Å². The van der Waals surface area contributed by atoms with Crippen LogP contribution in [-0.4, -0.2) is 138 Å². The van der Waals surface area contributed by atoms with Gasteiger partial charge in [0.25, 0.3) is 5.82 Å². The van der Waals surface area contributed by atoms with Crippen molar-refractivity contribution in [3.8, 4) is 0 Å². The lowest BCUT2D eigenvalue weighted by Gasteiger charge is -2.27. The number of fused-ring (bicyclic) bond motifs is 1. The highest BCUT2D eigenvalue weighted by molar-refractivity contribution is 8.03. The molecule has 1 aromatic carbocycles. The number of aromatic nitrogens is 1. The smallest absolute Gasteiger partial charge is 0.277 e. The average molecular weight is 647 g/mol. The first-order valence-electron chi connectivity index (χ1n) is 16.3. The molecule has 0 aliphatic carbocycles. The fourth-order valence-corrected chi connectivity index (χ4v) is 6.25. The molecule has 9 nitrogen and oxygen atoms in total. The molecule has 0 N–H and O–H groups in total. The van der Waals surface area contributed by atoms with Gasteiger partial charge >= 0.3 is 0 Å². The number of hydrogen-bond acceptors (Lipinski definition) is 7. The van der Waals surface area contributed by atoms with E-state index < -0.39 is 0 Å². The molecule has 1 aliphatic heterocycles. The number of para-hydroxylation sites is 1. The predicted molar refractivity (Wildman–Crippen MR) is 187 cm³/mol. The number of methoxy groups -OCH3 is 1. The van der Waals surface area contributed by atoms with Crippen LogP contribution in [0.25, 0.3) is 6.08 Å². The first kappa shape index (κ1) is 37.3. The van der Waals surface area contributed by atoms with Gasteiger partial charge in [0.15, 0.2) is 0 Å². The van der Waals surface area contributed by atoms with Gasteiger partial charge in [-0.15, -0.1) is 0 Å². The molecule has 0 atom stereocenters. The Bertz CT molecular complexity index is 1160. The van der Waals surface area contributed by atoms with Crippen molar-refractivity contribution in [2.45, 2.75) is 24.3 Å². The third-order valence-electron chi connectivity index (χ3n) is 7.59. The Morgan fingerprint density at radius 3 is 1.96 bits per heavy atom. The van der Waals surface area contributed by atoms with E-state index in [2.05, 4.69) is 112 Å². The average Bonchev–Trinajstić information content (AvgIpc) is 3.29. The molecule has 252 valence electrons. The highest BCUT2D eigenvalue weighted by atomic mass is 32.2. The Kier molecular flexibility index (Phi) is 15.6. The molecule has 0 saturated heterocycles. The first-order chi connectivity index (χ1) is 21.5. The van der Waals surface area contributed by atoms with Crippen LogP contribution < -0.4 is 14.4 Å². The van der Waals surface area contributed by atoms with Crippen molar-refractivity contribution in [3.63, 3.8) is 0 Å². The van der Waals surface area contributed by atoms with Gasteiger partial charge in [0.05, 0.1) is 132 Å². The van der Waals surface area contributed by atoms with E-state index in [1.165, 1.54) is 27.0 Å². The van der Waals surface area contributed by atoms with Gasteiger partial charge in [0, 0.05) is 38.0 Å². The van der Waals surface area contributed by atoms with E-state index >= 15 is 0 Å². The Hall–Kier alpha value is -2.18. The summed E-state index contributed by atoms with van der Waals surface area (Å²) in [6.07, 6.45) is 6.83. The molecule has 1 aliphatic rings. The quantitative estimate of drug-likeness (QED) is 0.108. The summed E-state index contributed by atoms with van der Waals surface area (Å²) in [4.78, 5) is 6.20. The monoisotopic (exact) mass is 646 g/mol. The zero-order valence-electron chi connectivity index (χ0n) is 29.3. The van der Waals surface area contributed by atoms with Crippen molar-refractivity contribution in [1.82, 2.24) is 0 Å². The van der Waals surface area contributed by atoms with E-state index in [1.54, 1.807) is 7.11 Å². The summed E-state index contributed by atoms with van der Waals surface area (Å²) in [5.41, 5.74) is 2.48. The number of rotatable bonds is 22. The molecule has 0 unspecified atom stereocenters. The van der Waals surface area contributed by atoms with Crippen LogP contribution in [0.15, 0.2) is 52.5 Å². The van der Waals surface area contributed by atoms with Crippen molar-refractivity contribution in [3.05, 3.63) is 53.2 Å². The van der Waals surface area contributed by atoms with Crippen molar-refractivity contribution in [1.29, 1.82) is 0 Å². The van der Waals surface area contributed by atoms with Crippen LogP contribution in [-0.2, 0) is 25.5 Å². The second-order valence-electron chi connectivity index (χ2n) is 13.7. The van der Waals surface area contributed by atoms with Gasteiger partial charge in [-0.25, -0.2) is 4.57 Å². The molecule has 2 heterocycles. The van der Waals surface area contributed by atoms with Gasteiger partial charge in [-0.1, -0.05) is 23.9 Å². The fourth-order valence-electron chi connectivity index (χ4n) is 5.13. The predicted octanol–water partition coefficient (Wildman–Crippen LogP) is 4.21. The lowest BCUT2D eigenvalue weighted by molar-refractivity contribution is -0.870. The minimum absolute atomic E-state index is 0.563. The van der Waals surface area contributed by atoms with Gasteiger partial charge in [0.2, 0.25) is 0 Å². The Morgan fingerprint density at radius 2 is 1.38 bits per heavy atom. The molecule has 0 saturated carbocycles. The molecule has 3 rings (SSSR count). The zero-order valence-corrected chi connectivity index (χ0v) is 30.1. The second-order valence-corrected chi connectivity index (χ2v) is 14.7. The van der Waals surface area contributed by atoms with Gasteiger partial charge in [-0.3, -0.25) is 4.90 Å². The molecular formula is C35H60N5O4S+3. The molecule has 45 heavy (non-hydrogen) atoms. The summed E-state index contributed by atoms with van der Waals surface area (Å²) in [5.74, 6) is 1.25. The van der Waals surface area contributed by atoms with Crippen LogP contribution >= 0.6 is 11.8 Å². The lowest BCUT2D eigenvalue weighted by Crippen LogP contribution is -2.46. The largest absolute Gasteiger partial charge is 0.382 e. The van der Waals surface area contributed by atoms with Crippen LogP contribution in [0.3, 0.4) is 0 Å². The minimum atomic E-state index is 0.563. The zero-order chi connectivity index (χ0) is 32.7. The van der Waals surface area contributed by atoms with Crippen LogP contribution in [0, 0.1) is 0 Å². The topological polar surface area (TPSA) is 47.3 Å². The maximum Gasteiger partial charge on any atom is 0.277 e. The van der Waals surface area contributed by atoms with E-state index in [4.69, 9.17) is 18.9 Å². The molecule has 10 heteroatoms. The highest BCUT2D eigenvalue weighted by Crippen LogP contribution is 2.45. The number of ether oxygens (including phenoxy) is 4. The number of hydrogen-bond donors (Lipinski definition) is 0. The molecule has 0 bridgehead atoms. The van der Waals surface area contributed by atoms with Gasteiger partial charge in [-0.2, -0.15) is 0 Å². The third kappa shape index (κ3) is 14.0. The summed E-state index contributed by atoms with van der Waals surface area (Å²) in [6, 6.07) is 13.2. The SMILES string of the molecule is COCCOCCOCCOCC[n+]1ccc(C=C2Sc3ccccc3N2C)cc1N(CCC[N+](C)(C)C)CCC[N+](C)(C)C. The normalized spacial score (nSPS) is 14.4. The number of nitrogens with zero attached hydrogens (tertiary/aromatic N) is 5. The summed E-state index contributed by atoms with van der Waals surface area (Å²) in [6.45, 7) is 9.20. The molecular weight excluding hydrogens is 586 g/mol. The van der Waals surface area contributed by atoms with Crippen molar-refractivity contribution in [2.24, 2.45) is 0 Å². The molecule has 0 fully saturated rings. The summed E-state index contributed by atoms with van der Waals surface area (Å²) in [7, 11) is 17.5. The van der Waals surface area contributed by atoms with Crippen molar-refractivity contribution >= 4 is 29.3 Å². The molecule has 0 radical (unpaired) electrons. The van der Waals surface area contributed by atoms with Crippen molar-refractivity contribution in [2.75, 3.05) is 139 Å². The summed E-state index contributed by atoms with van der Waals surface area (Å²) >= 11 is 1.84. The summed E-state index contributed by atoms with van der Waals surface area (Å²) < 4.78 is 26.4. The van der Waals surface area contributed by atoms with Crippen LogP contribution in [0.4, 0.5) is 11.5 Å². The third-order valence-corrected chi connectivity index (χ3v) is 8.76. The van der Waals surface area contributed by atoms with E-state index in [0.717, 1.165) is 54.5 Å². The van der Waals surface area contributed by atoms with Crippen LogP contribution in [0.5, 0.6) is 0 Å². The number of pyridine rings is 1. The molecule has 0 spiro atoms. The number of quaternary nitrogens is 2. The Morgan fingerprint density at radius 1 is 0.800 bits per heavy atom. The van der Waals surface area contributed by atoms with E-state index in [9.17, 15) is 0 Å². The number of thioether (sulfide) groups is 1. The van der Waals surface area contributed by atoms with Crippen LogP contribution in [0.2, 0.25) is 0 Å². The Balaban J connectivity index is 1.73. The van der Waals surface area contributed by atoms with E-state index in [1.807, 2.05) is 11.8 Å². The standard InChI is InChI=1S/C35H60N5O4S/c1-36-32-13-9-10-14-33(32)45-35(36)30-31-15-18-38(19-22-42-25-26-44-28-27-43-24-23-41-8)34(29-31)37(16-11-20-39(2,3)4)17-12-21-40(5,6)7/h9-10,13-15,18,29-30H,11-12,16-17,19-28H2,1-8H3/q+3. The fraction of sp³-hybridized carbons (Fsp3) is 0.629. The second kappa shape index (κ2) is 18.8. The highest BCUT2D eigenvalue weighted by Gasteiger charge is 2.24. The first-order valence-corrected chi connectivity index (χ1v) is 17.1. The van der Waals surface area contributed by atoms with Gasteiger partial charge in [-0.05, 0) is 29.8 Å². The Labute approximate surface area is 277 Å². The molecule has 1 aromatic heterocycles. The van der Waals surface area contributed by atoms with E-state index in [-0.39, 0.29) is 0 Å². The number of anilines is 2. The van der Waals surface area contributed by atoms with Gasteiger partial charge < -0.3 is 32.8 Å². The number of benzene rings is 1. The lowest BCUT2D eigenvalue weighted by atomic mass is 10.2. The maximum absolute atomic E-state index is 6.00. The molecule has 0 amide bonds. The van der Waals surface area contributed by atoms with Gasteiger partial charge in [0.1, 0.15) is 6.54 Å². The van der Waals surface area contributed by atoms with Crippen molar-refractivity contribution < 1.29 is 32.5 Å². The maximum atomic E-state index is 6.00. The summed E-state index contributed by atoms with van der Waals surface area (Å²) in [5, 5.41) is 1.24. The minimum Gasteiger partial charge on any atom is -0.382 e.